The molecule has 32 heavy (non-hydrogen) atoms. The molecular weight excluding hydrogens is 440 g/mol. The van der Waals surface area contributed by atoms with Gasteiger partial charge in [-0.05, 0) is 73.3 Å². The van der Waals surface area contributed by atoms with E-state index in [1.54, 1.807) is 6.20 Å². The molecule has 0 fully saturated rings. The van der Waals surface area contributed by atoms with E-state index < -0.39 is 0 Å². The fourth-order valence-corrected chi connectivity index (χ4v) is 4.63. The van der Waals surface area contributed by atoms with Gasteiger partial charge in [-0.25, -0.2) is 4.98 Å². The molecule has 0 unspecified atom stereocenters. The van der Waals surface area contributed by atoms with E-state index in [9.17, 15) is 9.59 Å². The number of rotatable bonds is 8. The lowest BCUT2D eigenvalue weighted by molar-refractivity contribution is -0.110. The van der Waals surface area contributed by atoms with Crippen molar-refractivity contribution in [2.75, 3.05) is 10.0 Å². The average Bonchev–Trinajstić information content (AvgIpc) is 3.44. The van der Waals surface area contributed by atoms with Gasteiger partial charge in [-0.15, -0.1) is 11.3 Å². The third kappa shape index (κ3) is 5.03. The van der Waals surface area contributed by atoms with Crippen molar-refractivity contribution in [3.8, 4) is 0 Å². The fourth-order valence-electron chi connectivity index (χ4n) is 3.37. The second kappa shape index (κ2) is 10.0. The molecule has 0 bridgehead atoms. The zero-order valence-electron chi connectivity index (χ0n) is 17.8. The minimum absolute atomic E-state index is 0.0479. The summed E-state index contributed by atoms with van der Waals surface area (Å²) in [5, 5.41) is 8.64. The highest BCUT2D eigenvalue weighted by Gasteiger charge is 2.24. The molecule has 1 aliphatic heterocycles. The van der Waals surface area contributed by atoms with Crippen molar-refractivity contribution in [1.29, 1.82) is 0 Å². The Labute approximate surface area is 195 Å². The average molecular weight is 465 g/mol. The Morgan fingerprint density at radius 3 is 2.66 bits per heavy atom. The van der Waals surface area contributed by atoms with Crippen LogP contribution >= 0.6 is 23.3 Å². The number of amides is 2. The lowest BCUT2D eigenvalue weighted by Crippen LogP contribution is -2.33. The van der Waals surface area contributed by atoms with E-state index in [-0.39, 0.29) is 17.9 Å². The predicted molar refractivity (Wildman–Crippen MR) is 133 cm³/mol. The molecule has 0 atom stereocenters. The molecule has 1 aliphatic rings. The Balaban J connectivity index is 1.42. The first-order chi connectivity index (χ1) is 15.6. The topological polar surface area (TPSA) is 83.1 Å². The Bertz CT molecular complexity index is 1140. The van der Waals surface area contributed by atoms with Gasteiger partial charge in [0.1, 0.15) is 5.01 Å². The lowest BCUT2D eigenvalue weighted by atomic mass is 10.1. The van der Waals surface area contributed by atoms with Gasteiger partial charge in [0.05, 0.1) is 5.57 Å². The molecule has 1 aromatic heterocycles. The first-order valence-corrected chi connectivity index (χ1v) is 12.2. The predicted octanol–water partition coefficient (Wildman–Crippen LogP) is 5.67. The van der Waals surface area contributed by atoms with Crippen LogP contribution in [0.2, 0.25) is 0 Å². The third-order valence-electron chi connectivity index (χ3n) is 5.25. The smallest absolute Gasteiger partial charge is 0.256 e. The van der Waals surface area contributed by atoms with Gasteiger partial charge < -0.3 is 15.4 Å². The number of benzene rings is 2. The molecule has 0 saturated heterocycles. The monoisotopic (exact) mass is 464 g/mol. The Hall–Kier alpha value is -3.10. The van der Waals surface area contributed by atoms with Gasteiger partial charge in [-0.2, -0.15) is 0 Å². The summed E-state index contributed by atoms with van der Waals surface area (Å²) >= 11 is 2.95. The summed E-state index contributed by atoms with van der Waals surface area (Å²) in [6, 6.07) is 13.5. The van der Waals surface area contributed by atoms with Crippen LogP contribution in [-0.2, 0) is 4.79 Å². The number of thiazole rings is 1. The molecule has 0 aliphatic carbocycles. The minimum Gasteiger partial charge on any atom is -0.349 e. The number of hydrogen-bond acceptors (Lipinski definition) is 6. The maximum Gasteiger partial charge on any atom is 0.256 e. The van der Waals surface area contributed by atoms with Crippen LogP contribution in [0.15, 0.2) is 58.9 Å². The van der Waals surface area contributed by atoms with Crippen LogP contribution in [0.4, 0.5) is 11.4 Å². The van der Waals surface area contributed by atoms with Gasteiger partial charge in [0, 0.05) is 45.0 Å². The number of nitrogens with zero attached hydrogens (tertiary/aromatic N) is 1. The Morgan fingerprint density at radius 2 is 1.97 bits per heavy atom. The first kappa shape index (κ1) is 22.1. The van der Waals surface area contributed by atoms with Gasteiger partial charge in [0.2, 0.25) is 0 Å². The van der Waals surface area contributed by atoms with E-state index in [0.717, 1.165) is 39.7 Å². The molecule has 6 nitrogen and oxygen atoms in total. The Morgan fingerprint density at radius 1 is 1.19 bits per heavy atom. The van der Waals surface area contributed by atoms with Crippen molar-refractivity contribution in [3.63, 3.8) is 0 Å². The normalized spacial score (nSPS) is 13.8. The number of carbonyl (C=O) groups is 2. The van der Waals surface area contributed by atoms with Crippen molar-refractivity contribution < 1.29 is 9.59 Å². The highest BCUT2D eigenvalue weighted by atomic mass is 32.2. The van der Waals surface area contributed by atoms with Gasteiger partial charge in [0.25, 0.3) is 11.8 Å². The van der Waals surface area contributed by atoms with E-state index in [1.807, 2.05) is 53.9 Å². The molecule has 2 aromatic carbocycles. The first-order valence-electron chi connectivity index (χ1n) is 10.5. The molecule has 2 heterocycles. The zero-order valence-corrected chi connectivity index (χ0v) is 19.5. The van der Waals surface area contributed by atoms with Crippen molar-refractivity contribution in [2.24, 2.45) is 0 Å². The van der Waals surface area contributed by atoms with Crippen LogP contribution in [0.3, 0.4) is 0 Å². The molecular formula is C24H24N4O2S2. The van der Waals surface area contributed by atoms with Crippen LogP contribution in [0, 0.1) is 0 Å². The van der Waals surface area contributed by atoms with Gasteiger partial charge in [0.15, 0.2) is 0 Å². The van der Waals surface area contributed by atoms with Crippen molar-refractivity contribution in [1.82, 2.24) is 10.3 Å². The summed E-state index contributed by atoms with van der Waals surface area (Å²) in [5.74, 6) is -0.166. The number of fused-ring (bicyclic) bond motifs is 1. The van der Waals surface area contributed by atoms with Crippen LogP contribution in [-0.4, -0.2) is 22.8 Å². The number of nitrogens with one attached hydrogen (secondary N) is 3. The van der Waals surface area contributed by atoms with Gasteiger partial charge in [-0.3, -0.25) is 9.59 Å². The maximum absolute atomic E-state index is 12.4. The molecule has 0 radical (unpaired) electrons. The molecule has 8 heteroatoms. The van der Waals surface area contributed by atoms with E-state index in [2.05, 4.69) is 34.2 Å². The molecule has 0 spiro atoms. The molecule has 3 aromatic rings. The summed E-state index contributed by atoms with van der Waals surface area (Å²) in [5.41, 5.74) is 3.82. The van der Waals surface area contributed by atoms with Crippen LogP contribution < -0.4 is 15.4 Å². The highest BCUT2D eigenvalue weighted by molar-refractivity contribution is 8.00. The second-order valence-corrected chi connectivity index (χ2v) is 9.16. The van der Waals surface area contributed by atoms with Crippen LogP contribution in [0.25, 0.3) is 11.6 Å². The molecule has 4 rings (SSSR count). The highest BCUT2D eigenvalue weighted by Crippen LogP contribution is 2.36. The number of hydrogen-bond donors (Lipinski definition) is 3. The summed E-state index contributed by atoms with van der Waals surface area (Å²) in [6.07, 6.45) is 5.38. The zero-order chi connectivity index (χ0) is 22.5. The summed E-state index contributed by atoms with van der Waals surface area (Å²) < 4.78 is 3.30. The summed E-state index contributed by atoms with van der Waals surface area (Å²) in [6.45, 7) is 4.14. The maximum atomic E-state index is 12.4. The number of aromatic nitrogens is 1. The number of anilines is 2. The summed E-state index contributed by atoms with van der Waals surface area (Å²) in [7, 11) is 0. The van der Waals surface area contributed by atoms with Crippen LogP contribution in [0.5, 0.6) is 0 Å². The van der Waals surface area contributed by atoms with Crippen molar-refractivity contribution in [2.45, 2.75) is 37.6 Å². The van der Waals surface area contributed by atoms with E-state index in [1.165, 1.54) is 23.3 Å². The SMILES string of the molecule is CCC(CC)NC(=O)c1ccc(NSc2ccc3c(c2)/C(=C\c2nccs2)C(=O)N3)cc1. The van der Waals surface area contributed by atoms with E-state index in [0.29, 0.717) is 11.1 Å². The quantitative estimate of drug-likeness (QED) is 0.295. The second-order valence-electron chi connectivity index (χ2n) is 7.36. The van der Waals surface area contributed by atoms with Gasteiger partial charge >= 0.3 is 0 Å². The summed E-state index contributed by atoms with van der Waals surface area (Å²) in [4.78, 5) is 30.0. The molecule has 2 amide bonds. The largest absolute Gasteiger partial charge is 0.349 e. The fraction of sp³-hybridized carbons (Fsp3) is 0.208. The molecule has 0 saturated carbocycles. The number of carbonyl (C=O) groups excluding carboxylic acids is 2. The molecule has 3 N–H and O–H groups in total. The third-order valence-corrected chi connectivity index (χ3v) is 6.80. The van der Waals surface area contributed by atoms with Crippen molar-refractivity contribution in [3.05, 3.63) is 70.2 Å². The van der Waals surface area contributed by atoms with E-state index in [4.69, 9.17) is 0 Å². The molecule has 164 valence electrons. The minimum atomic E-state index is -0.118. The van der Waals surface area contributed by atoms with Crippen molar-refractivity contribution >= 4 is 58.1 Å². The lowest BCUT2D eigenvalue weighted by Gasteiger charge is -2.15. The van der Waals surface area contributed by atoms with E-state index >= 15 is 0 Å². The standard InChI is InChI=1S/C24H24N4O2S2/c1-3-16(4-2)26-23(29)15-5-7-17(8-6-15)28-32-18-9-10-21-19(13-18)20(24(30)27-21)14-22-25-11-12-31-22/h5-14,16,28H,3-4H2,1-2H3,(H,26,29)(H,27,30)/b20-14+. The van der Waals surface area contributed by atoms with Gasteiger partial charge in [-0.1, -0.05) is 13.8 Å². The Kier molecular flexibility index (Phi) is 6.92. The van der Waals surface area contributed by atoms with Crippen LogP contribution in [0.1, 0.15) is 47.6 Å².